The summed E-state index contributed by atoms with van der Waals surface area (Å²) in [5.41, 5.74) is 0.730. The summed E-state index contributed by atoms with van der Waals surface area (Å²) in [6.45, 7) is 0.703. The van der Waals surface area contributed by atoms with E-state index in [1.54, 1.807) is 6.07 Å². The van der Waals surface area contributed by atoms with Gasteiger partial charge in [0.15, 0.2) is 0 Å². The molecule has 100 valence electrons. The summed E-state index contributed by atoms with van der Waals surface area (Å²) < 4.78 is 22.4. The van der Waals surface area contributed by atoms with Crippen LogP contribution in [0.2, 0.25) is 0 Å². The molecule has 8 heteroatoms. The lowest BCUT2D eigenvalue weighted by Gasteiger charge is -2.05. The van der Waals surface area contributed by atoms with Crippen LogP contribution < -0.4 is 5.32 Å². The van der Waals surface area contributed by atoms with Gasteiger partial charge >= 0.3 is 0 Å². The first kappa shape index (κ1) is 15.1. The van der Waals surface area contributed by atoms with Crippen LogP contribution >= 0.6 is 15.9 Å². The second kappa shape index (κ2) is 6.26. The number of rotatable bonds is 6. The molecule has 1 rings (SSSR count). The average Bonchev–Trinajstić information content (AvgIpc) is 2.22. The monoisotopic (exact) mass is 336 g/mol. The minimum Gasteiger partial charge on any atom is -0.312 e. The molecule has 0 saturated carbocycles. The standard InChI is InChI=1S/C10H13BrN2O4S/c1-18(16,17)3-2-12-7-8-4-9(11)6-10(5-8)13(14)15/h4-6,12H,2-3,7H2,1H3. The van der Waals surface area contributed by atoms with E-state index in [-0.39, 0.29) is 11.4 Å². The summed E-state index contributed by atoms with van der Waals surface area (Å²) in [6.07, 6.45) is 1.17. The number of hydrogen-bond acceptors (Lipinski definition) is 5. The fourth-order valence-corrected chi connectivity index (χ4v) is 2.37. The number of nitrogens with one attached hydrogen (secondary N) is 1. The summed E-state index contributed by atoms with van der Waals surface area (Å²) in [5, 5.41) is 13.6. The van der Waals surface area contributed by atoms with E-state index in [4.69, 9.17) is 0 Å². The zero-order valence-electron chi connectivity index (χ0n) is 9.72. The first-order chi connectivity index (χ1) is 8.28. The smallest absolute Gasteiger partial charge is 0.270 e. The Labute approximate surface area is 114 Å². The summed E-state index contributed by atoms with van der Waals surface area (Å²) in [5.74, 6) is 0.0447. The minimum absolute atomic E-state index is 0.00397. The van der Waals surface area contributed by atoms with Crippen molar-refractivity contribution in [3.8, 4) is 0 Å². The highest BCUT2D eigenvalue weighted by atomic mass is 79.9. The minimum atomic E-state index is -2.99. The Bertz CT molecular complexity index is 545. The molecule has 18 heavy (non-hydrogen) atoms. The van der Waals surface area contributed by atoms with Gasteiger partial charge in [-0.3, -0.25) is 10.1 Å². The van der Waals surface area contributed by atoms with Crippen LogP contribution in [0.3, 0.4) is 0 Å². The highest BCUT2D eigenvalue weighted by molar-refractivity contribution is 9.10. The zero-order chi connectivity index (χ0) is 13.8. The van der Waals surface area contributed by atoms with Gasteiger partial charge in [-0.15, -0.1) is 0 Å². The van der Waals surface area contributed by atoms with Crippen LogP contribution in [0.25, 0.3) is 0 Å². The van der Waals surface area contributed by atoms with Gasteiger partial charge in [-0.05, 0) is 11.6 Å². The van der Waals surface area contributed by atoms with Crippen LogP contribution in [-0.4, -0.2) is 31.9 Å². The molecule has 1 aromatic carbocycles. The van der Waals surface area contributed by atoms with Crippen molar-refractivity contribution in [3.05, 3.63) is 38.3 Å². The predicted molar refractivity (Wildman–Crippen MR) is 72.2 cm³/mol. The fourth-order valence-electron chi connectivity index (χ4n) is 1.33. The van der Waals surface area contributed by atoms with Gasteiger partial charge in [0.05, 0.1) is 10.7 Å². The molecule has 0 spiro atoms. The molecule has 0 aliphatic carbocycles. The van der Waals surface area contributed by atoms with E-state index >= 15 is 0 Å². The second-order valence-electron chi connectivity index (χ2n) is 3.88. The molecule has 0 unspecified atom stereocenters. The summed E-state index contributed by atoms with van der Waals surface area (Å²) in [6, 6.07) is 4.62. The lowest BCUT2D eigenvalue weighted by atomic mass is 10.2. The molecular weight excluding hydrogens is 324 g/mol. The summed E-state index contributed by atoms with van der Waals surface area (Å²) >= 11 is 3.19. The molecule has 0 bridgehead atoms. The van der Waals surface area contributed by atoms with E-state index in [2.05, 4.69) is 21.2 Å². The third-order valence-corrected chi connectivity index (χ3v) is 3.54. The van der Waals surface area contributed by atoms with E-state index in [0.29, 0.717) is 17.6 Å². The molecule has 0 atom stereocenters. The maximum atomic E-state index is 10.9. The van der Waals surface area contributed by atoms with Gasteiger partial charge in [0.25, 0.3) is 5.69 Å². The number of halogens is 1. The Morgan fingerprint density at radius 3 is 2.61 bits per heavy atom. The van der Waals surface area contributed by atoms with Gasteiger partial charge in [-0.1, -0.05) is 15.9 Å². The number of nitro benzene ring substituents is 1. The molecule has 0 radical (unpaired) electrons. The lowest BCUT2D eigenvalue weighted by Crippen LogP contribution is -2.21. The fraction of sp³-hybridized carbons (Fsp3) is 0.400. The number of nitrogens with zero attached hydrogens (tertiary/aromatic N) is 1. The number of hydrogen-bond donors (Lipinski definition) is 1. The SMILES string of the molecule is CS(=O)(=O)CCNCc1cc(Br)cc([N+](=O)[O-])c1. The van der Waals surface area contributed by atoms with Gasteiger partial charge in [0, 0.05) is 36.0 Å². The Balaban J connectivity index is 2.60. The van der Waals surface area contributed by atoms with Gasteiger partial charge in [0.2, 0.25) is 0 Å². The molecule has 0 aliphatic heterocycles. The summed E-state index contributed by atoms with van der Waals surface area (Å²) in [7, 11) is -2.99. The molecule has 1 aromatic rings. The molecule has 0 heterocycles. The molecule has 6 nitrogen and oxygen atoms in total. The molecule has 0 fully saturated rings. The van der Waals surface area contributed by atoms with Crippen LogP contribution in [0, 0.1) is 10.1 Å². The van der Waals surface area contributed by atoms with Crippen molar-refractivity contribution in [2.45, 2.75) is 6.54 Å². The third kappa shape index (κ3) is 5.56. The van der Waals surface area contributed by atoms with Gasteiger partial charge < -0.3 is 5.32 Å². The lowest BCUT2D eigenvalue weighted by molar-refractivity contribution is -0.385. The first-order valence-corrected chi connectivity index (χ1v) is 7.95. The predicted octanol–water partition coefficient (Wildman–Crippen LogP) is 1.49. The van der Waals surface area contributed by atoms with Crippen LogP contribution in [0.1, 0.15) is 5.56 Å². The van der Waals surface area contributed by atoms with Gasteiger partial charge in [-0.25, -0.2) is 8.42 Å². The van der Waals surface area contributed by atoms with Crippen LogP contribution in [0.4, 0.5) is 5.69 Å². The third-order valence-electron chi connectivity index (χ3n) is 2.13. The average molecular weight is 337 g/mol. The van der Waals surface area contributed by atoms with Crippen molar-refractivity contribution < 1.29 is 13.3 Å². The van der Waals surface area contributed by atoms with Crippen molar-refractivity contribution in [2.24, 2.45) is 0 Å². The highest BCUT2D eigenvalue weighted by Gasteiger charge is 2.08. The first-order valence-electron chi connectivity index (χ1n) is 5.10. The molecule has 0 aromatic heterocycles. The number of nitro groups is 1. The Kier molecular flexibility index (Phi) is 5.24. The van der Waals surface area contributed by atoms with Crippen molar-refractivity contribution >= 4 is 31.5 Å². The zero-order valence-corrected chi connectivity index (χ0v) is 12.1. The van der Waals surface area contributed by atoms with E-state index in [9.17, 15) is 18.5 Å². The number of non-ortho nitro benzene ring substituents is 1. The summed E-state index contributed by atoms with van der Waals surface area (Å²) in [4.78, 5) is 10.2. The topological polar surface area (TPSA) is 89.3 Å². The van der Waals surface area contributed by atoms with E-state index in [0.717, 1.165) is 5.56 Å². The molecular formula is C10H13BrN2O4S. The maximum absolute atomic E-state index is 10.9. The van der Waals surface area contributed by atoms with Crippen molar-refractivity contribution in [1.82, 2.24) is 5.32 Å². The Hall–Kier alpha value is -0.990. The second-order valence-corrected chi connectivity index (χ2v) is 7.06. The molecule has 0 aliphatic rings. The van der Waals surface area contributed by atoms with E-state index < -0.39 is 14.8 Å². The van der Waals surface area contributed by atoms with Gasteiger partial charge in [-0.2, -0.15) is 0 Å². The quantitative estimate of drug-likeness (QED) is 0.483. The van der Waals surface area contributed by atoms with Crippen molar-refractivity contribution in [1.29, 1.82) is 0 Å². The largest absolute Gasteiger partial charge is 0.312 e. The Morgan fingerprint density at radius 1 is 1.39 bits per heavy atom. The van der Waals surface area contributed by atoms with E-state index in [1.165, 1.54) is 18.4 Å². The van der Waals surface area contributed by atoms with Crippen molar-refractivity contribution in [2.75, 3.05) is 18.6 Å². The molecule has 0 saturated heterocycles. The molecule has 1 N–H and O–H groups in total. The maximum Gasteiger partial charge on any atom is 0.270 e. The van der Waals surface area contributed by atoms with Gasteiger partial charge in [0.1, 0.15) is 9.84 Å². The number of sulfone groups is 1. The van der Waals surface area contributed by atoms with Crippen LogP contribution in [0.5, 0.6) is 0 Å². The Morgan fingerprint density at radius 2 is 2.06 bits per heavy atom. The molecule has 0 amide bonds. The normalized spacial score (nSPS) is 11.4. The van der Waals surface area contributed by atoms with Crippen LogP contribution in [0.15, 0.2) is 22.7 Å². The van der Waals surface area contributed by atoms with Crippen LogP contribution in [-0.2, 0) is 16.4 Å². The van der Waals surface area contributed by atoms with Crippen molar-refractivity contribution in [3.63, 3.8) is 0 Å². The van der Waals surface area contributed by atoms with E-state index in [1.807, 2.05) is 0 Å². The highest BCUT2D eigenvalue weighted by Crippen LogP contribution is 2.21. The number of benzene rings is 1.